The highest BCUT2D eigenvalue weighted by atomic mass is 32.2. The van der Waals surface area contributed by atoms with Crippen molar-refractivity contribution >= 4 is 38.2 Å². The molecule has 1 aromatic heterocycles. The van der Waals surface area contributed by atoms with E-state index in [0.717, 1.165) is 18.4 Å². The Morgan fingerprint density at radius 3 is 2.57 bits per heavy atom. The number of ether oxygens (including phenoxy) is 1. The van der Waals surface area contributed by atoms with Crippen molar-refractivity contribution in [1.82, 2.24) is 4.72 Å². The third-order valence-corrected chi connectivity index (χ3v) is 6.89. The molecular formula is C20H21N3O5S2. The molecule has 158 valence electrons. The summed E-state index contributed by atoms with van der Waals surface area (Å²) >= 11 is 1.28. The van der Waals surface area contributed by atoms with E-state index in [1.807, 2.05) is 11.4 Å². The SMILES string of the molecule is CCOC(=O)c1c(C2CC2)csc1NC(=O)c1ccc(S(=O)(=O)NCCC#N)cc1. The first-order valence-corrected chi connectivity index (χ1v) is 11.8. The van der Waals surface area contributed by atoms with Gasteiger partial charge in [-0.15, -0.1) is 11.3 Å². The van der Waals surface area contributed by atoms with Gasteiger partial charge < -0.3 is 10.1 Å². The van der Waals surface area contributed by atoms with E-state index in [1.54, 1.807) is 6.92 Å². The molecule has 1 fully saturated rings. The van der Waals surface area contributed by atoms with Crippen molar-refractivity contribution in [2.75, 3.05) is 18.5 Å². The highest BCUT2D eigenvalue weighted by Gasteiger charge is 2.32. The Labute approximate surface area is 178 Å². The molecule has 0 aliphatic heterocycles. The third-order valence-electron chi connectivity index (χ3n) is 4.50. The number of esters is 1. The lowest BCUT2D eigenvalue weighted by Crippen LogP contribution is -2.24. The van der Waals surface area contributed by atoms with Crippen LogP contribution in [0.2, 0.25) is 0 Å². The van der Waals surface area contributed by atoms with E-state index in [9.17, 15) is 18.0 Å². The average molecular weight is 448 g/mol. The van der Waals surface area contributed by atoms with E-state index in [-0.39, 0.29) is 30.0 Å². The van der Waals surface area contributed by atoms with Gasteiger partial charge in [0.05, 0.1) is 23.1 Å². The number of carbonyl (C=O) groups is 2. The summed E-state index contributed by atoms with van der Waals surface area (Å²) in [4.78, 5) is 25.1. The Balaban J connectivity index is 1.75. The van der Waals surface area contributed by atoms with Crippen molar-refractivity contribution in [2.45, 2.75) is 37.0 Å². The van der Waals surface area contributed by atoms with Crippen LogP contribution in [-0.2, 0) is 14.8 Å². The van der Waals surface area contributed by atoms with Crippen LogP contribution in [0.4, 0.5) is 5.00 Å². The zero-order chi connectivity index (χ0) is 21.7. The Morgan fingerprint density at radius 1 is 1.27 bits per heavy atom. The van der Waals surface area contributed by atoms with E-state index in [0.29, 0.717) is 16.5 Å². The van der Waals surface area contributed by atoms with Crippen molar-refractivity contribution in [3.05, 3.63) is 46.3 Å². The van der Waals surface area contributed by atoms with Gasteiger partial charge in [-0.25, -0.2) is 17.9 Å². The molecule has 0 unspecified atom stereocenters. The van der Waals surface area contributed by atoms with Crippen LogP contribution >= 0.6 is 11.3 Å². The van der Waals surface area contributed by atoms with Crippen LogP contribution in [0.1, 0.15) is 58.4 Å². The van der Waals surface area contributed by atoms with E-state index in [4.69, 9.17) is 10.00 Å². The summed E-state index contributed by atoms with van der Waals surface area (Å²) in [7, 11) is -3.75. The van der Waals surface area contributed by atoms with E-state index >= 15 is 0 Å². The van der Waals surface area contributed by atoms with Gasteiger partial charge >= 0.3 is 5.97 Å². The maximum Gasteiger partial charge on any atom is 0.341 e. The highest BCUT2D eigenvalue weighted by Crippen LogP contribution is 2.46. The Bertz CT molecular complexity index is 1080. The second kappa shape index (κ2) is 9.38. The summed E-state index contributed by atoms with van der Waals surface area (Å²) in [5.74, 6) is -0.587. The van der Waals surface area contributed by atoms with Crippen molar-refractivity contribution in [2.24, 2.45) is 0 Å². The molecule has 2 aromatic rings. The van der Waals surface area contributed by atoms with Gasteiger partial charge in [0, 0.05) is 18.5 Å². The quantitative estimate of drug-likeness (QED) is 0.449. The number of amides is 1. The van der Waals surface area contributed by atoms with Gasteiger partial charge in [-0.2, -0.15) is 5.26 Å². The lowest BCUT2D eigenvalue weighted by atomic mass is 10.1. The van der Waals surface area contributed by atoms with Gasteiger partial charge in [-0.05, 0) is 60.9 Å². The minimum atomic E-state index is -3.75. The summed E-state index contributed by atoms with van der Waals surface area (Å²) < 4.78 is 31.8. The largest absolute Gasteiger partial charge is 0.462 e. The molecule has 1 aliphatic carbocycles. The normalized spacial score (nSPS) is 13.5. The number of carbonyl (C=O) groups excluding carboxylic acids is 2. The molecule has 0 bridgehead atoms. The molecule has 1 saturated carbocycles. The van der Waals surface area contributed by atoms with Crippen LogP contribution in [0.15, 0.2) is 34.5 Å². The minimum absolute atomic E-state index is 0.00338. The van der Waals surface area contributed by atoms with Gasteiger partial charge in [0.2, 0.25) is 10.0 Å². The predicted octanol–water partition coefficient (Wildman–Crippen LogP) is 3.25. The molecule has 0 saturated heterocycles. The molecule has 1 aliphatic rings. The molecule has 1 heterocycles. The predicted molar refractivity (Wildman–Crippen MR) is 112 cm³/mol. The molecule has 3 rings (SSSR count). The smallest absolute Gasteiger partial charge is 0.341 e. The van der Waals surface area contributed by atoms with Gasteiger partial charge in [0.25, 0.3) is 5.91 Å². The number of hydrogen-bond acceptors (Lipinski definition) is 7. The first kappa shape index (κ1) is 22.0. The maximum atomic E-state index is 12.7. The summed E-state index contributed by atoms with van der Waals surface area (Å²) in [6.07, 6.45) is 2.08. The Hall–Kier alpha value is -2.74. The maximum absolute atomic E-state index is 12.7. The molecule has 0 spiro atoms. The van der Waals surface area contributed by atoms with Crippen LogP contribution in [0.5, 0.6) is 0 Å². The number of hydrogen-bond donors (Lipinski definition) is 2. The van der Waals surface area contributed by atoms with E-state index < -0.39 is 21.9 Å². The lowest BCUT2D eigenvalue weighted by Gasteiger charge is -2.09. The van der Waals surface area contributed by atoms with Crippen molar-refractivity contribution in [3.63, 3.8) is 0 Å². The van der Waals surface area contributed by atoms with Crippen LogP contribution in [0.25, 0.3) is 0 Å². The fourth-order valence-corrected chi connectivity index (χ4v) is 4.91. The number of nitrogens with zero attached hydrogens (tertiary/aromatic N) is 1. The van der Waals surface area contributed by atoms with E-state index in [1.165, 1.54) is 35.6 Å². The summed E-state index contributed by atoms with van der Waals surface area (Å²) in [5, 5.41) is 13.6. The minimum Gasteiger partial charge on any atom is -0.462 e. The molecule has 0 radical (unpaired) electrons. The van der Waals surface area contributed by atoms with Crippen molar-refractivity contribution in [3.8, 4) is 6.07 Å². The number of rotatable bonds is 9. The number of anilines is 1. The second-order valence-corrected chi connectivity index (χ2v) is 9.32. The van der Waals surface area contributed by atoms with Crippen LogP contribution < -0.4 is 10.0 Å². The van der Waals surface area contributed by atoms with Gasteiger partial charge in [-0.1, -0.05) is 0 Å². The Morgan fingerprint density at radius 2 is 1.97 bits per heavy atom. The number of sulfonamides is 1. The van der Waals surface area contributed by atoms with Gasteiger partial charge in [0.1, 0.15) is 5.00 Å². The number of nitrogens with one attached hydrogen (secondary N) is 2. The van der Waals surface area contributed by atoms with Crippen molar-refractivity contribution in [1.29, 1.82) is 5.26 Å². The van der Waals surface area contributed by atoms with Crippen molar-refractivity contribution < 1.29 is 22.7 Å². The molecule has 10 heteroatoms. The summed E-state index contributed by atoms with van der Waals surface area (Å²) in [6.45, 7) is 1.98. The summed E-state index contributed by atoms with van der Waals surface area (Å²) in [6, 6.07) is 7.29. The average Bonchev–Trinajstić information content (AvgIpc) is 3.48. The number of thiophene rings is 1. The molecule has 1 amide bonds. The van der Waals surface area contributed by atoms with E-state index in [2.05, 4.69) is 10.0 Å². The first-order chi connectivity index (χ1) is 14.4. The molecule has 8 nitrogen and oxygen atoms in total. The third kappa shape index (κ3) is 5.05. The van der Waals surface area contributed by atoms with Crippen LogP contribution in [0.3, 0.4) is 0 Å². The number of benzene rings is 1. The van der Waals surface area contributed by atoms with Gasteiger partial charge in [-0.3, -0.25) is 4.79 Å². The zero-order valence-electron chi connectivity index (χ0n) is 16.3. The summed E-state index contributed by atoms with van der Waals surface area (Å²) in [5.41, 5.74) is 1.55. The standard InChI is InChI=1S/C20H21N3O5S2/c1-2-28-20(25)17-16(13-4-5-13)12-29-19(17)23-18(24)14-6-8-15(9-7-14)30(26,27)22-11-3-10-21/h6-9,12-13,22H,2-5,11H2,1H3,(H,23,24). The second-order valence-electron chi connectivity index (χ2n) is 6.67. The monoisotopic (exact) mass is 447 g/mol. The zero-order valence-corrected chi connectivity index (χ0v) is 17.9. The van der Waals surface area contributed by atoms with Crippen LogP contribution in [-0.4, -0.2) is 33.4 Å². The molecular weight excluding hydrogens is 426 g/mol. The number of nitriles is 1. The molecule has 1 aromatic carbocycles. The first-order valence-electron chi connectivity index (χ1n) is 9.44. The Kier molecular flexibility index (Phi) is 6.87. The topological polar surface area (TPSA) is 125 Å². The molecule has 0 atom stereocenters. The van der Waals surface area contributed by atoms with Gasteiger partial charge in [0.15, 0.2) is 0 Å². The molecule has 2 N–H and O–H groups in total. The molecule has 30 heavy (non-hydrogen) atoms. The fraction of sp³-hybridized carbons (Fsp3) is 0.350. The highest BCUT2D eigenvalue weighted by molar-refractivity contribution is 7.89. The fourth-order valence-electron chi connectivity index (χ4n) is 2.86. The lowest BCUT2D eigenvalue weighted by molar-refractivity contribution is 0.0527. The van der Waals surface area contributed by atoms with Crippen LogP contribution in [0, 0.1) is 11.3 Å².